The second kappa shape index (κ2) is 24.0. The van der Waals surface area contributed by atoms with Gasteiger partial charge in [-0.2, -0.15) is 0 Å². The molecule has 1 aromatic carbocycles. The molecule has 1 aliphatic rings. The topological polar surface area (TPSA) is 322 Å². The van der Waals surface area contributed by atoms with E-state index in [-0.39, 0.29) is 19.3 Å². The molecule has 0 aliphatic carbocycles. The number of hydrogen-bond donors (Lipinski definition) is 11. The van der Waals surface area contributed by atoms with Crippen LogP contribution >= 0.6 is 0 Å². The summed E-state index contributed by atoms with van der Waals surface area (Å²) >= 11 is 0. The highest BCUT2D eigenvalue weighted by molar-refractivity contribution is 5.97. The van der Waals surface area contributed by atoms with E-state index in [1.54, 1.807) is 30.3 Å². The molecule has 1 heterocycles. The number of carboxylic acids is 1. The van der Waals surface area contributed by atoms with Crippen molar-refractivity contribution in [2.75, 3.05) is 26.2 Å². The Bertz CT molecular complexity index is 1430. The van der Waals surface area contributed by atoms with Crippen LogP contribution in [0.15, 0.2) is 30.3 Å². The molecule has 2 rings (SSSR count). The van der Waals surface area contributed by atoms with E-state index < -0.39 is 96.4 Å². The molecule has 1 aromatic rings. The number of nitrogens with zero attached hydrogens (tertiary/aromatic N) is 1. The number of aliphatic hydroxyl groups excluding tert-OH is 2. The van der Waals surface area contributed by atoms with Crippen LogP contribution in [0.4, 0.5) is 0 Å². The summed E-state index contributed by atoms with van der Waals surface area (Å²) in [4.78, 5) is 93.2. The van der Waals surface area contributed by atoms with Gasteiger partial charge in [-0.05, 0) is 83.9 Å². The van der Waals surface area contributed by atoms with E-state index in [0.717, 1.165) is 0 Å². The van der Waals surface area contributed by atoms with E-state index >= 15 is 0 Å². The monoisotopic (exact) mass is 777 g/mol. The van der Waals surface area contributed by atoms with Gasteiger partial charge in [-0.25, -0.2) is 4.79 Å². The van der Waals surface area contributed by atoms with Gasteiger partial charge in [0.2, 0.25) is 35.4 Å². The third-order valence-corrected chi connectivity index (χ3v) is 9.17. The van der Waals surface area contributed by atoms with E-state index in [0.29, 0.717) is 63.7 Å². The van der Waals surface area contributed by atoms with Crippen molar-refractivity contribution in [3.8, 4) is 0 Å². The van der Waals surface area contributed by atoms with Gasteiger partial charge < -0.3 is 64.0 Å². The molecule has 55 heavy (non-hydrogen) atoms. The molecule has 308 valence electrons. The van der Waals surface area contributed by atoms with E-state index in [4.69, 9.17) is 17.2 Å². The molecule has 0 unspecified atom stereocenters. The van der Waals surface area contributed by atoms with Gasteiger partial charge in [0.05, 0.1) is 18.8 Å². The summed E-state index contributed by atoms with van der Waals surface area (Å²) in [5, 5.41) is 42.1. The zero-order valence-corrected chi connectivity index (χ0v) is 31.6. The highest BCUT2D eigenvalue weighted by Crippen LogP contribution is 2.19. The molecule has 19 heteroatoms. The molecular weight excluding hydrogens is 718 g/mol. The third-order valence-electron chi connectivity index (χ3n) is 9.17. The fourth-order valence-corrected chi connectivity index (χ4v) is 6.07. The number of nitrogens with one attached hydrogen (secondary N) is 5. The summed E-state index contributed by atoms with van der Waals surface area (Å²) in [7, 11) is 0. The molecule has 14 N–H and O–H groups in total. The lowest BCUT2D eigenvalue weighted by Crippen LogP contribution is -2.61. The largest absolute Gasteiger partial charge is 0.480 e. The van der Waals surface area contributed by atoms with Gasteiger partial charge in [0.1, 0.15) is 30.2 Å². The number of aliphatic carboxylic acids is 1. The van der Waals surface area contributed by atoms with Crippen molar-refractivity contribution in [2.24, 2.45) is 17.2 Å². The van der Waals surface area contributed by atoms with Gasteiger partial charge >= 0.3 is 5.97 Å². The van der Waals surface area contributed by atoms with Gasteiger partial charge in [0.15, 0.2) is 6.04 Å². The highest BCUT2D eigenvalue weighted by atomic mass is 16.4. The first-order chi connectivity index (χ1) is 26.1. The van der Waals surface area contributed by atoms with Crippen LogP contribution in [-0.4, -0.2) is 136 Å². The number of benzene rings is 1. The first kappa shape index (κ1) is 46.5. The van der Waals surface area contributed by atoms with Crippen LogP contribution in [0, 0.1) is 0 Å². The molecule has 0 spiro atoms. The number of rotatable bonds is 24. The standard InChI is InChI=1S/C36H59N9O10/c1-21(39)35(53)45-18-10-15-28(45)34(52)41-24(13-6-8-16-37)30(48)43-27(20-46)33(51)42-26(19-23-11-4-3-5-12-23)32(50)40-25(14-7-9-17-38)31(49)44-29(22(2)47)36(54)55/h3-5,11-12,21-22,24-29,46-47H,6-10,13-20,37-39H2,1-2H3,(H,40,50)(H,41,52)(H,42,51)(H,43,48)(H,44,49)(H,54,55)/t21-,22+,24-,25-,26-,27-,28-,29-/m0/s1. The van der Waals surface area contributed by atoms with Gasteiger partial charge in [0.25, 0.3) is 0 Å². The molecule has 1 aliphatic heterocycles. The SMILES string of the molecule is C[C@H](N)C(=O)N1CCC[C@H]1C(=O)N[C@@H](CCCCN)C(=O)N[C@@H](CO)C(=O)N[C@@H](Cc1ccccc1)C(=O)N[C@@H](CCCCN)C(=O)N[C@H](C(=O)O)[C@@H](C)O. The minimum absolute atomic E-state index is 0.0531. The Morgan fingerprint density at radius 2 is 1.27 bits per heavy atom. The van der Waals surface area contributed by atoms with E-state index in [2.05, 4.69) is 26.6 Å². The summed E-state index contributed by atoms with van der Waals surface area (Å²) in [5.41, 5.74) is 17.6. The van der Waals surface area contributed by atoms with Crippen LogP contribution < -0.4 is 43.8 Å². The quantitative estimate of drug-likeness (QED) is 0.0459. The molecule has 1 fully saturated rings. The first-order valence-electron chi connectivity index (χ1n) is 18.7. The van der Waals surface area contributed by atoms with E-state index in [1.165, 1.54) is 18.7 Å². The lowest BCUT2D eigenvalue weighted by Gasteiger charge is -2.28. The zero-order chi connectivity index (χ0) is 41.1. The van der Waals surface area contributed by atoms with Gasteiger partial charge in [0, 0.05) is 13.0 Å². The number of hydrogen-bond acceptors (Lipinski definition) is 12. The average molecular weight is 778 g/mol. The number of unbranched alkanes of at least 4 members (excludes halogenated alkanes) is 2. The van der Waals surface area contributed by atoms with Crippen LogP contribution in [0.3, 0.4) is 0 Å². The minimum Gasteiger partial charge on any atom is -0.480 e. The number of carbonyl (C=O) groups excluding carboxylic acids is 6. The first-order valence-corrected chi connectivity index (χ1v) is 18.7. The molecule has 0 aromatic heterocycles. The Labute approximate surface area is 320 Å². The number of carboxylic acid groups (broad SMARTS) is 1. The van der Waals surface area contributed by atoms with Gasteiger partial charge in [-0.1, -0.05) is 30.3 Å². The number of likely N-dealkylation sites (tertiary alicyclic amines) is 1. The van der Waals surface area contributed by atoms with E-state index in [9.17, 15) is 48.9 Å². The Kier molecular flexibility index (Phi) is 20.2. The predicted octanol–water partition coefficient (Wildman–Crippen LogP) is -3.29. The fraction of sp³-hybridized carbons (Fsp3) is 0.639. The molecule has 0 radical (unpaired) electrons. The predicted molar refractivity (Wildman–Crippen MR) is 200 cm³/mol. The second-order valence-corrected chi connectivity index (χ2v) is 13.7. The maximum atomic E-state index is 13.8. The Morgan fingerprint density at radius 3 is 1.80 bits per heavy atom. The van der Waals surface area contributed by atoms with Crippen LogP contribution in [-0.2, 0) is 40.0 Å². The van der Waals surface area contributed by atoms with Crippen molar-refractivity contribution in [3.63, 3.8) is 0 Å². The number of aliphatic hydroxyl groups is 2. The van der Waals surface area contributed by atoms with Gasteiger partial charge in [-0.15, -0.1) is 0 Å². The van der Waals surface area contributed by atoms with Crippen LogP contribution in [0.2, 0.25) is 0 Å². The number of carbonyl (C=O) groups is 7. The van der Waals surface area contributed by atoms with Crippen molar-refractivity contribution in [3.05, 3.63) is 35.9 Å². The van der Waals surface area contributed by atoms with Crippen molar-refractivity contribution in [1.29, 1.82) is 0 Å². The fourth-order valence-electron chi connectivity index (χ4n) is 6.07. The smallest absolute Gasteiger partial charge is 0.328 e. The Balaban J connectivity index is 2.29. The van der Waals surface area contributed by atoms with Crippen LogP contribution in [0.1, 0.15) is 70.8 Å². The maximum absolute atomic E-state index is 13.8. The Morgan fingerprint density at radius 1 is 0.764 bits per heavy atom. The Hall–Kier alpha value is -4.69. The molecule has 1 saturated heterocycles. The summed E-state index contributed by atoms with van der Waals surface area (Å²) in [6.07, 6.45) is 1.40. The minimum atomic E-state index is -1.66. The summed E-state index contributed by atoms with van der Waals surface area (Å²) in [5.74, 6) is -5.92. The summed E-state index contributed by atoms with van der Waals surface area (Å²) in [6.45, 7) is 2.76. The van der Waals surface area contributed by atoms with Crippen molar-refractivity contribution >= 4 is 41.4 Å². The lowest BCUT2D eigenvalue weighted by atomic mass is 10.0. The highest BCUT2D eigenvalue weighted by Gasteiger charge is 2.38. The summed E-state index contributed by atoms with van der Waals surface area (Å²) in [6, 6.07) is -0.139. The normalized spacial score (nSPS) is 17.7. The van der Waals surface area contributed by atoms with Gasteiger partial charge in [-0.3, -0.25) is 28.8 Å². The second-order valence-electron chi connectivity index (χ2n) is 13.7. The number of nitrogens with two attached hydrogens (primary N) is 3. The van der Waals surface area contributed by atoms with E-state index in [1.807, 2.05) is 0 Å². The molecule has 19 nitrogen and oxygen atoms in total. The average Bonchev–Trinajstić information content (AvgIpc) is 3.64. The van der Waals surface area contributed by atoms with Crippen molar-refractivity contribution < 1.29 is 48.9 Å². The van der Waals surface area contributed by atoms with Crippen LogP contribution in [0.25, 0.3) is 0 Å². The molecule has 0 bridgehead atoms. The maximum Gasteiger partial charge on any atom is 0.328 e. The zero-order valence-electron chi connectivity index (χ0n) is 31.6. The van der Waals surface area contributed by atoms with Crippen molar-refractivity contribution in [2.45, 2.75) is 120 Å². The lowest BCUT2D eigenvalue weighted by molar-refractivity contribution is -0.145. The third kappa shape index (κ3) is 15.2. The van der Waals surface area contributed by atoms with Crippen LogP contribution in [0.5, 0.6) is 0 Å². The number of amides is 6. The van der Waals surface area contributed by atoms with Crippen molar-refractivity contribution in [1.82, 2.24) is 31.5 Å². The molecular formula is C36H59N9O10. The molecule has 0 saturated carbocycles. The molecule has 8 atom stereocenters. The summed E-state index contributed by atoms with van der Waals surface area (Å²) < 4.78 is 0. The molecule has 6 amide bonds.